The fourth-order valence-corrected chi connectivity index (χ4v) is 3.94. The molecule has 0 N–H and O–H groups in total. The van der Waals surface area contributed by atoms with Gasteiger partial charge < -0.3 is 4.74 Å². The Morgan fingerprint density at radius 3 is 2.33 bits per heavy atom. The molecule has 27 heavy (non-hydrogen) atoms. The molecule has 0 saturated carbocycles. The summed E-state index contributed by atoms with van der Waals surface area (Å²) in [6.07, 6.45) is 5.45. The van der Waals surface area contributed by atoms with E-state index in [9.17, 15) is 14.4 Å². The van der Waals surface area contributed by atoms with Gasteiger partial charge >= 0.3 is 5.97 Å². The number of carbonyl (C=O) groups excluding carboxylic acids is 3. The second-order valence-electron chi connectivity index (χ2n) is 7.94. The summed E-state index contributed by atoms with van der Waals surface area (Å²) in [5.74, 6) is -1.47. The van der Waals surface area contributed by atoms with Gasteiger partial charge in [0.25, 0.3) is 0 Å². The molecular formula is C22H27NO4. The Morgan fingerprint density at radius 1 is 1.15 bits per heavy atom. The summed E-state index contributed by atoms with van der Waals surface area (Å²) in [4.78, 5) is 39.8. The molecule has 0 bridgehead atoms. The smallest absolute Gasteiger partial charge is 0.329 e. The van der Waals surface area contributed by atoms with Crippen LogP contribution in [0.3, 0.4) is 0 Å². The topological polar surface area (TPSA) is 63.7 Å². The zero-order valence-corrected chi connectivity index (χ0v) is 16.2. The van der Waals surface area contributed by atoms with E-state index >= 15 is 0 Å². The van der Waals surface area contributed by atoms with Crippen LogP contribution in [0.5, 0.6) is 0 Å². The molecule has 0 spiro atoms. The highest BCUT2D eigenvalue weighted by atomic mass is 16.5. The molecule has 0 unspecified atom stereocenters. The van der Waals surface area contributed by atoms with E-state index in [1.165, 1.54) is 4.90 Å². The molecule has 1 aliphatic carbocycles. The minimum absolute atomic E-state index is 0.139. The number of rotatable bonds is 6. The first kappa shape index (κ1) is 19.3. The molecular weight excluding hydrogens is 342 g/mol. The van der Waals surface area contributed by atoms with E-state index in [0.29, 0.717) is 19.3 Å². The number of esters is 1. The lowest BCUT2D eigenvalue weighted by Crippen LogP contribution is -2.47. The van der Waals surface area contributed by atoms with Gasteiger partial charge in [-0.3, -0.25) is 14.5 Å². The monoisotopic (exact) mass is 369 g/mol. The molecule has 1 heterocycles. The number of benzene rings is 1. The van der Waals surface area contributed by atoms with Crippen LogP contribution in [0.1, 0.15) is 44.2 Å². The number of allylic oxidation sites excluding steroid dienone is 2. The average Bonchev–Trinajstić information content (AvgIpc) is 2.89. The number of amides is 2. The van der Waals surface area contributed by atoms with Crippen LogP contribution in [0.15, 0.2) is 36.4 Å². The van der Waals surface area contributed by atoms with E-state index in [1.807, 2.05) is 57.2 Å². The molecule has 5 heteroatoms. The number of nitrogens with zero attached hydrogens (tertiary/aromatic N) is 1. The largest absolute Gasteiger partial charge is 0.459 e. The van der Waals surface area contributed by atoms with Crippen molar-refractivity contribution in [3.05, 3.63) is 47.5 Å². The van der Waals surface area contributed by atoms with Crippen molar-refractivity contribution in [1.82, 2.24) is 4.90 Å². The number of aryl methyl sites for hydroxylation is 1. The van der Waals surface area contributed by atoms with Crippen LogP contribution < -0.4 is 0 Å². The summed E-state index contributed by atoms with van der Waals surface area (Å²) in [7, 11) is 0. The summed E-state index contributed by atoms with van der Waals surface area (Å²) >= 11 is 0. The molecule has 2 aliphatic rings. The highest BCUT2D eigenvalue weighted by molar-refractivity contribution is 6.08. The fraction of sp³-hybridized carbons (Fsp3) is 0.500. The molecule has 3 atom stereocenters. The van der Waals surface area contributed by atoms with Crippen LogP contribution in [-0.4, -0.2) is 28.7 Å². The van der Waals surface area contributed by atoms with Gasteiger partial charge in [0.15, 0.2) is 0 Å². The van der Waals surface area contributed by atoms with E-state index < -0.39 is 12.0 Å². The lowest BCUT2D eigenvalue weighted by molar-refractivity contribution is -0.160. The summed E-state index contributed by atoms with van der Waals surface area (Å²) in [6.45, 7) is 6.06. The Balaban J connectivity index is 1.76. The molecule has 5 nitrogen and oxygen atoms in total. The predicted octanol–water partition coefficient (Wildman–Crippen LogP) is 3.40. The van der Waals surface area contributed by atoms with E-state index in [4.69, 9.17) is 4.74 Å². The molecule has 1 aromatic rings. The Labute approximate surface area is 160 Å². The van der Waals surface area contributed by atoms with Crippen molar-refractivity contribution >= 4 is 17.8 Å². The molecule has 1 aliphatic heterocycles. The SMILES string of the molecule is Cc1cccc(COC(=O)[C@@H](CC(C)C)N2C(=O)[C@H]3CC=CC[C@H]3C2=O)c1. The van der Waals surface area contributed by atoms with Crippen molar-refractivity contribution < 1.29 is 19.1 Å². The normalized spacial score (nSPS) is 22.9. The van der Waals surface area contributed by atoms with Gasteiger partial charge in [-0.2, -0.15) is 0 Å². The summed E-state index contributed by atoms with van der Waals surface area (Å²) in [5.41, 5.74) is 1.98. The number of likely N-dealkylation sites (tertiary alicyclic amines) is 1. The number of hydrogen-bond donors (Lipinski definition) is 0. The van der Waals surface area contributed by atoms with E-state index in [-0.39, 0.29) is 36.2 Å². The Morgan fingerprint density at radius 2 is 1.78 bits per heavy atom. The number of imide groups is 1. The molecule has 1 aromatic carbocycles. The lowest BCUT2D eigenvalue weighted by atomic mass is 9.85. The molecule has 1 fully saturated rings. The van der Waals surface area contributed by atoms with Gasteiger partial charge in [0.1, 0.15) is 12.6 Å². The second-order valence-corrected chi connectivity index (χ2v) is 7.94. The van der Waals surface area contributed by atoms with Gasteiger partial charge in [-0.1, -0.05) is 55.8 Å². The van der Waals surface area contributed by atoms with Crippen LogP contribution in [-0.2, 0) is 25.7 Å². The molecule has 0 aromatic heterocycles. The first-order chi connectivity index (χ1) is 12.9. The average molecular weight is 369 g/mol. The van der Waals surface area contributed by atoms with Crippen LogP contribution in [0.4, 0.5) is 0 Å². The highest BCUT2D eigenvalue weighted by Gasteiger charge is 2.51. The lowest BCUT2D eigenvalue weighted by Gasteiger charge is -2.26. The number of fused-ring (bicyclic) bond motifs is 1. The molecule has 144 valence electrons. The third kappa shape index (κ3) is 4.12. The molecule has 3 rings (SSSR count). The highest BCUT2D eigenvalue weighted by Crippen LogP contribution is 2.37. The zero-order chi connectivity index (χ0) is 19.6. The van der Waals surface area contributed by atoms with Crippen molar-refractivity contribution in [3.63, 3.8) is 0 Å². The van der Waals surface area contributed by atoms with Crippen molar-refractivity contribution in [2.24, 2.45) is 17.8 Å². The first-order valence-electron chi connectivity index (χ1n) is 9.62. The van der Waals surface area contributed by atoms with Crippen molar-refractivity contribution in [2.45, 2.75) is 52.7 Å². The number of hydrogen-bond acceptors (Lipinski definition) is 4. The minimum Gasteiger partial charge on any atom is -0.459 e. The van der Waals surface area contributed by atoms with E-state index in [2.05, 4.69) is 0 Å². The maximum absolute atomic E-state index is 12.9. The Bertz CT molecular complexity index is 741. The molecule has 2 amide bonds. The van der Waals surface area contributed by atoms with Crippen LogP contribution in [0.2, 0.25) is 0 Å². The van der Waals surface area contributed by atoms with Crippen LogP contribution in [0, 0.1) is 24.7 Å². The Kier molecular flexibility index (Phi) is 5.78. The van der Waals surface area contributed by atoms with Gasteiger partial charge in [-0.25, -0.2) is 4.79 Å². The summed E-state index contributed by atoms with van der Waals surface area (Å²) in [6, 6.07) is 6.89. The standard InChI is InChI=1S/C22H27NO4/c1-14(2)11-19(22(26)27-13-16-8-6-7-15(3)12-16)23-20(24)17-9-4-5-10-18(17)21(23)25/h4-8,12,14,17-19H,9-11,13H2,1-3H3/t17-,18+,19-/m1/s1. The second kappa shape index (κ2) is 8.07. The van der Waals surface area contributed by atoms with Crippen molar-refractivity contribution in [1.29, 1.82) is 0 Å². The third-order valence-electron chi connectivity index (χ3n) is 5.28. The van der Waals surface area contributed by atoms with Crippen LogP contribution >= 0.6 is 0 Å². The molecule has 0 radical (unpaired) electrons. The zero-order valence-electron chi connectivity index (χ0n) is 16.2. The minimum atomic E-state index is -0.847. The summed E-state index contributed by atoms with van der Waals surface area (Å²) < 4.78 is 5.51. The predicted molar refractivity (Wildman–Crippen MR) is 101 cm³/mol. The maximum atomic E-state index is 12.9. The maximum Gasteiger partial charge on any atom is 0.329 e. The van der Waals surface area contributed by atoms with E-state index in [1.54, 1.807) is 0 Å². The number of carbonyl (C=O) groups is 3. The Hall–Kier alpha value is -2.43. The van der Waals surface area contributed by atoms with Gasteiger partial charge in [0.05, 0.1) is 11.8 Å². The van der Waals surface area contributed by atoms with Gasteiger partial charge in [0, 0.05) is 0 Å². The quantitative estimate of drug-likeness (QED) is 0.438. The summed E-state index contributed by atoms with van der Waals surface area (Å²) in [5, 5.41) is 0. The van der Waals surface area contributed by atoms with Crippen LogP contribution in [0.25, 0.3) is 0 Å². The van der Waals surface area contributed by atoms with Gasteiger partial charge in [0.2, 0.25) is 11.8 Å². The van der Waals surface area contributed by atoms with Crippen molar-refractivity contribution in [3.8, 4) is 0 Å². The van der Waals surface area contributed by atoms with Gasteiger partial charge in [-0.15, -0.1) is 0 Å². The van der Waals surface area contributed by atoms with Crippen molar-refractivity contribution in [2.75, 3.05) is 0 Å². The number of ether oxygens (including phenoxy) is 1. The fourth-order valence-electron chi connectivity index (χ4n) is 3.94. The van der Waals surface area contributed by atoms with Gasteiger partial charge in [-0.05, 0) is 37.7 Å². The first-order valence-corrected chi connectivity index (χ1v) is 9.62. The third-order valence-corrected chi connectivity index (χ3v) is 5.28. The molecule has 1 saturated heterocycles. The van der Waals surface area contributed by atoms with E-state index in [0.717, 1.165) is 11.1 Å².